The summed E-state index contributed by atoms with van der Waals surface area (Å²) in [7, 11) is 4.15. The van der Waals surface area contributed by atoms with E-state index in [-0.39, 0.29) is 24.8 Å². The molecule has 26 heavy (non-hydrogen) atoms. The van der Waals surface area contributed by atoms with Gasteiger partial charge >= 0.3 is 0 Å². The fourth-order valence-corrected chi connectivity index (χ4v) is 2.39. The highest BCUT2D eigenvalue weighted by atomic mass is 35.5. The van der Waals surface area contributed by atoms with Crippen molar-refractivity contribution < 1.29 is 9.47 Å². The van der Waals surface area contributed by atoms with Gasteiger partial charge in [-0.15, -0.1) is 24.8 Å². The first kappa shape index (κ1) is 24.5. The summed E-state index contributed by atoms with van der Waals surface area (Å²) < 4.78 is 11.9. The number of rotatable bonds is 10. The molecule has 0 amide bonds. The van der Waals surface area contributed by atoms with Crippen LogP contribution in [-0.4, -0.2) is 38.7 Å². The number of ether oxygens (including phenoxy) is 2. The Kier molecular flexibility index (Phi) is 12.9. The van der Waals surface area contributed by atoms with Crippen molar-refractivity contribution in [2.24, 2.45) is 0 Å². The standard InChI is InChI=1S/C20H28N2O2.2ClH/c1-4-23-19-12-8-11-18(15-21-13-14-22(2)3)20(19)24-16-17-9-6-5-7-10-17;;/h5-12,21H,4,13-16H2,1-3H3;2*1H. The third-order valence-corrected chi connectivity index (χ3v) is 3.64. The lowest BCUT2D eigenvalue weighted by Crippen LogP contribution is -2.26. The number of para-hydroxylation sites is 1. The number of hydrogen-bond donors (Lipinski definition) is 1. The Balaban J connectivity index is 0.00000312. The third-order valence-electron chi connectivity index (χ3n) is 3.64. The molecule has 0 spiro atoms. The first-order valence-electron chi connectivity index (χ1n) is 8.47. The van der Waals surface area contributed by atoms with Crippen molar-refractivity contribution in [1.29, 1.82) is 0 Å². The average Bonchev–Trinajstić information content (AvgIpc) is 2.59. The quantitative estimate of drug-likeness (QED) is 0.607. The number of hydrogen-bond acceptors (Lipinski definition) is 4. The van der Waals surface area contributed by atoms with E-state index in [2.05, 4.69) is 42.5 Å². The first-order chi connectivity index (χ1) is 11.7. The zero-order valence-electron chi connectivity index (χ0n) is 15.7. The lowest BCUT2D eigenvalue weighted by Gasteiger charge is -2.17. The lowest BCUT2D eigenvalue weighted by molar-refractivity contribution is 0.266. The Morgan fingerprint density at radius 2 is 1.65 bits per heavy atom. The molecule has 146 valence electrons. The predicted molar refractivity (Wildman–Crippen MR) is 113 cm³/mol. The Hall–Kier alpha value is -1.46. The molecule has 2 aromatic rings. The Morgan fingerprint density at radius 3 is 2.31 bits per heavy atom. The molecule has 4 nitrogen and oxygen atoms in total. The van der Waals surface area contributed by atoms with Gasteiger partial charge in [-0.1, -0.05) is 42.5 Å². The summed E-state index contributed by atoms with van der Waals surface area (Å²) in [6.45, 7) is 5.85. The van der Waals surface area contributed by atoms with Crippen LogP contribution < -0.4 is 14.8 Å². The molecular formula is C20H30Cl2N2O2. The van der Waals surface area contributed by atoms with Crippen LogP contribution in [-0.2, 0) is 13.2 Å². The molecule has 0 saturated heterocycles. The van der Waals surface area contributed by atoms with Crippen LogP contribution >= 0.6 is 24.8 Å². The van der Waals surface area contributed by atoms with Gasteiger partial charge in [-0.05, 0) is 32.6 Å². The largest absolute Gasteiger partial charge is 0.490 e. The maximum atomic E-state index is 6.11. The van der Waals surface area contributed by atoms with Crippen LogP contribution in [0.15, 0.2) is 48.5 Å². The van der Waals surface area contributed by atoms with E-state index in [1.54, 1.807) is 0 Å². The van der Waals surface area contributed by atoms with Gasteiger partial charge in [0, 0.05) is 25.2 Å². The lowest BCUT2D eigenvalue weighted by atomic mass is 10.1. The normalized spacial score (nSPS) is 10.0. The summed E-state index contributed by atoms with van der Waals surface area (Å²) in [5, 5.41) is 3.46. The summed E-state index contributed by atoms with van der Waals surface area (Å²) in [6.07, 6.45) is 0. The second-order valence-corrected chi connectivity index (χ2v) is 5.93. The minimum atomic E-state index is 0. The second kappa shape index (κ2) is 13.7. The monoisotopic (exact) mass is 400 g/mol. The number of benzene rings is 2. The van der Waals surface area contributed by atoms with Crippen LogP contribution in [0.1, 0.15) is 18.1 Å². The van der Waals surface area contributed by atoms with Gasteiger partial charge in [0.05, 0.1) is 6.61 Å². The van der Waals surface area contributed by atoms with Crippen molar-refractivity contribution >= 4 is 24.8 Å². The molecule has 1 N–H and O–H groups in total. The predicted octanol–water partition coefficient (Wildman–Crippen LogP) is 4.16. The van der Waals surface area contributed by atoms with E-state index < -0.39 is 0 Å². The van der Waals surface area contributed by atoms with E-state index in [0.717, 1.165) is 42.3 Å². The van der Waals surface area contributed by atoms with Crippen molar-refractivity contribution in [1.82, 2.24) is 10.2 Å². The van der Waals surface area contributed by atoms with E-state index in [1.165, 1.54) is 0 Å². The molecule has 0 heterocycles. The minimum Gasteiger partial charge on any atom is -0.490 e. The van der Waals surface area contributed by atoms with Crippen molar-refractivity contribution in [2.75, 3.05) is 33.8 Å². The summed E-state index contributed by atoms with van der Waals surface area (Å²) in [5.41, 5.74) is 2.27. The number of nitrogens with one attached hydrogen (secondary N) is 1. The maximum Gasteiger partial charge on any atom is 0.166 e. The molecule has 0 fully saturated rings. The van der Waals surface area contributed by atoms with Crippen LogP contribution in [0.25, 0.3) is 0 Å². The molecule has 0 aromatic heterocycles. The van der Waals surface area contributed by atoms with Crippen molar-refractivity contribution in [3.05, 3.63) is 59.7 Å². The molecule has 6 heteroatoms. The number of nitrogens with zero attached hydrogens (tertiary/aromatic N) is 1. The van der Waals surface area contributed by atoms with Gasteiger partial charge in [-0.25, -0.2) is 0 Å². The van der Waals surface area contributed by atoms with Gasteiger partial charge in [-0.2, -0.15) is 0 Å². The van der Waals surface area contributed by atoms with E-state index in [4.69, 9.17) is 9.47 Å². The molecule has 0 atom stereocenters. The number of likely N-dealkylation sites (N-methyl/N-ethyl adjacent to an activating group) is 1. The smallest absolute Gasteiger partial charge is 0.166 e. The highest BCUT2D eigenvalue weighted by molar-refractivity contribution is 5.85. The number of halogens is 2. The van der Waals surface area contributed by atoms with Crippen molar-refractivity contribution in [2.45, 2.75) is 20.1 Å². The molecule has 0 unspecified atom stereocenters. The van der Waals surface area contributed by atoms with Crippen LogP contribution in [0, 0.1) is 0 Å². The minimum absolute atomic E-state index is 0. The van der Waals surface area contributed by atoms with E-state index in [1.807, 2.05) is 37.3 Å². The Bertz CT molecular complexity index is 610. The van der Waals surface area contributed by atoms with Crippen LogP contribution in [0.3, 0.4) is 0 Å². The highest BCUT2D eigenvalue weighted by Crippen LogP contribution is 2.32. The molecule has 2 aromatic carbocycles. The molecule has 0 saturated carbocycles. The zero-order chi connectivity index (χ0) is 17.2. The maximum absolute atomic E-state index is 6.11. The summed E-state index contributed by atoms with van der Waals surface area (Å²) >= 11 is 0. The second-order valence-electron chi connectivity index (χ2n) is 5.93. The van der Waals surface area contributed by atoms with Gasteiger partial charge in [-0.3, -0.25) is 0 Å². The molecule has 0 aliphatic rings. The van der Waals surface area contributed by atoms with Gasteiger partial charge in [0.15, 0.2) is 11.5 Å². The molecule has 0 aliphatic heterocycles. The van der Waals surface area contributed by atoms with Gasteiger partial charge in [0.25, 0.3) is 0 Å². The van der Waals surface area contributed by atoms with Gasteiger partial charge in [0.2, 0.25) is 0 Å². The zero-order valence-corrected chi connectivity index (χ0v) is 17.4. The molecule has 0 radical (unpaired) electrons. The summed E-state index contributed by atoms with van der Waals surface area (Å²) in [4.78, 5) is 2.16. The van der Waals surface area contributed by atoms with Crippen molar-refractivity contribution in [3.63, 3.8) is 0 Å². The molecule has 2 rings (SSSR count). The van der Waals surface area contributed by atoms with E-state index in [0.29, 0.717) is 13.2 Å². The van der Waals surface area contributed by atoms with Crippen LogP contribution in [0.4, 0.5) is 0 Å². The molecule has 0 bridgehead atoms. The highest BCUT2D eigenvalue weighted by Gasteiger charge is 2.11. The Morgan fingerprint density at radius 1 is 0.923 bits per heavy atom. The molecular weight excluding hydrogens is 371 g/mol. The van der Waals surface area contributed by atoms with Crippen LogP contribution in [0.5, 0.6) is 11.5 Å². The summed E-state index contributed by atoms with van der Waals surface area (Å²) in [6, 6.07) is 16.3. The fourth-order valence-electron chi connectivity index (χ4n) is 2.39. The van der Waals surface area contributed by atoms with Crippen molar-refractivity contribution in [3.8, 4) is 11.5 Å². The van der Waals surface area contributed by atoms with Crippen LogP contribution in [0.2, 0.25) is 0 Å². The third kappa shape index (κ3) is 8.28. The van der Waals surface area contributed by atoms with Gasteiger partial charge in [0.1, 0.15) is 6.61 Å². The Labute approximate surface area is 169 Å². The SMILES string of the molecule is CCOc1cccc(CNCCN(C)C)c1OCc1ccccc1.Cl.Cl. The first-order valence-corrected chi connectivity index (χ1v) is 8.47. The van der Waals surface area contributed by atoms with E-state index >= 15 is 0 Å². The summed E-state index contributed by atoms with van der Waals surface area (Å²) in [5.74, 6) is 1.64. The average molecular weight is 401 g/mol. The fraction of sp³-hybridized carbons (Fsp3) is 0.400. The van der Waals surface area contributed by atoms with Gasteiger partial charge < -0.3 is 19.7 Å². The molecule has 0 aliphatic carbocycles. The van der Waals surface area contributed by atoms with E-state index in [9.17, 15) is 0 Å². The topological polar surface area (TPSA) is 33.7 Å².